The van der Waals surface area contributed by atoms with Gasteiger partial charge in [-0.25, -0.2) is 9.78 Å². The summed E-state index contributed by atoms with van der Waals surface area (Å²) >= 11 is 9.39. The summed E-state index contributed by atoms with van der Waals surface area (Å²) in [5.74, 6) is 1.12. The van der Waals surface area contributed by atoms with Crippen LogP contribution >= 0.6 is 27.5 Å². The second-order valence-corrected chi connectivity index (χ2v) is 6.01. The number of carbonyl (C=O) groups is 1. The van der Waals surface area contributed by atoms with E-state index >= 15 is 0 Å². The molecule has 0 aliphatic carbocycles. The van der Waals surface area contributed by atoms with Crippen LogP contribution in [0.2, 0.25) is 5.02 Å². The number of benzene rings is 1. The number of nitrogens with zero attached hydrogens (tertiary/aromatic N) is 1. The van der Waals surface area contributed by atoms with E-state index in [1.165, 1.54) is 0 Å². The maximum atomic E-state index is 12.1. The van der Waals surface area contributed by atoms with Crippen LogP contribution in [0.5, 0.6) is 5.75 Å². The van der Waals surface area contributed by atoms with Gasteiger partial charge in [-0.15, -0.1) is 0 Å². The number of fused-ring (bicyclic) bond motifs is 1. The molecule has 0 radical (unpaired) electrons. The van der Waals surface area contributed by atoms with Crippen molar-refractivity contribution in [2.75, 3.05) is 11.9 Å². The van der Waals surface area contributed by atoms with Crippen LogP contribution < -0.4 is 15.4 Å². The molecular formula is C15H13BrClN3O2. The summed E-state index contributed by atoms with van der Waals surface area (Å²) in [4.78, 5) is 16.3. The third kappa shape index (κ3) is 3.34. The van der Waals surface area contributed by atoms with E-state index in [0.717, 1.165) is 5.56 Å². The van der Waals surface area contributed by atoms with Gasteiger partial charge in [0.05, 0.1) is 17.7 Å². The Morgan fingerprint density at radius 2 is 2.14 bits per heavy atom. The van der Waals surface area contributed by atoms with Gasteiger partial charge in [0.15, 0.2) is 0 Å². The van der Waals surface area contributed by atoms with Crippen molar-refractivity contribution in [3.63, 3.8) is 0 Å². The number of para-hydroxylation sites is 1. The summed E-state index contributed by atoms with van der Waals surface area (Å²) in [6, 6.07) is 10.4. The van der Waals surface area contributed by atoms with E-state index in [-0.39, 0.29) is 12.1 Å². The number of amides is 2. The molecule has 22 heavy (non-hydrogen) atoms. The molecule has 0 unspecified atom stereocenters. The number of nitrogens with one attached hydrogen (secondary N) is 2. The fraction of sp³-hybridized carbons (Fsp3) is 0.200. The van der Waals surface area contributed by atoms with Crippen LogP contribution in [0.25, 0.3) is 0 Å². The van der Waals surface area contributed by atoms with E-state index in [0.29, 0.717) is 34.2 Å². The van der Waals surface area contributed by atoms with E-state index in [1.54, 1.807) is 24.3 Å². The van der Waals surface area contributed by atoms with Gasteiger partial charge in [-0.05, 0) is 34.1 Å². The molecule has 0 bridgehead atoms. The van der Waals surface area contributed by atoms with E-state index in [9.17, 15) is 4.79 Å². The van der Waals surface area contributed by atoms with Crippen molar-refractivity contribution in [2.45, 2.75) is 12.5 Å². The monoisotopic (exact) mass is 381 g/mol. The van der Waals surface area contributed by atoms with Gasteiger partial charge in [-0.2, -0.15) is 0 Å². The lowest BCUT2D eigenvalue weighted by molar-refractivity contribution is 0.232. The minimum Gasteiger partial charge on any atom is -0.492 e. The Morgan fingerprint density at radius 1 is 1.32 bits per heavy atom. The SMILES string of the molecule is O=C(Nc1cccc(Br)n1)N[C@H]1CCOc2c(Cl)cccc21. The molecule has 2 aromatic rings. The zero-order valence-corrected chi connectivity index (χ0v) is 13.8. The fourth-order valence-corrected chi connectivity index (χ4v) is 2.91. The predicted octanol–water partition coefficient (Wildman–Crippen LogP) is 4.14. The number of rotatable bonds is 2. The maximum Gasteiger partial charge on any atom is 0.320 e. The molecule has 2 N–H and O–H groups in total. The number of ether oxygens (including phenoxy) is 1. The normalized spacial score (nSPS) is 16.4. The minimum atomic E-state index is -0.316. The smallest absolute Gasteiger partial charge is 0.320 e. The molecule has 1 aliphatic rings. The van der Waals surface area contributed by atoms with E-state index in [4.69, 9.17) is 16.3 Å². The van der Waals surface area contributed by atoms with Gasteiger partial charge in [0, 0.05) is 12.0 Å². The number of halogens is 2. The van der Waals surface area contributed by atoms with E-state index in [2.05, 4.69) is 31.5 Å². The van der Waals surface area contributed by atoms with Crippen molar-refractivity contribution in [1.82, 2.24) is 10.3 Å². The van der Waals surface area contributed by atoms with Gasteiger partial charge < -0.3 is 10.1 Å². The molecule has 2 amide bonds. The standard InChI is InChI=1S/C15H13BrClN3O2/c16-12-5-2-6-13(19-12)20-15(21)18-11-7-8-22-14-9(11)3-1-4-10(14)17/h1-6,11H,7-8H2,(H2,18,19,20,21)/t11-/m0/s1. The zero-order chi connectivity index (χ0) is 15.5. The van der Waals surface area contributed by atoms with Crippen LogP contribution in [-0.4, -0.2) is 17.6 Å². The minimum absolute atomic E-state index is 0.144. The number of carbonyl (C=O) groups excluding carboxylic acids is 1. The van der Waals surface area contributed by atoms with Gasteiger partial charge in [-0.1, -0.05) is 29.8 Å². The Morgan fingerprint density at radius 3 is 2.95 bits per heavy atom. The first-order chi connectivity index (χ1) is 10.6. The molecule has 114 valence electrons. The van der Waals surface area contributed by atoms with Crippen molar-refractivity contribution < 1.29 is 9.53 Å². The van der Waals surface area contributed by atoms with Gasteiger partial charge in [0.25, 0.3) is 0 Å². The highest BCUT2D eigenvalue weighted by atomic mass is 79.9. The molecule has 7 heteroatoms. The van der Waals surface area contributed by atoms with Gasteiger partial charge in [-0.3, -0.25) is 5.32 Å². The number of urea groups is 1. The molecule has 2 heterocycles. The summed E-state index contributed by atoms with van der Waals surface area (Å²) in [5.41, 5.74) is 0.885. The van der Waals surface area contributed by atoms with Crippen LogP contribution in [0.1, 0.15) is 18.0 Å². The molecule has 1 aromatic heterocycles. The highest BCUT2D eigenvalue weighted by molar-refractivity contribution is 9.10. The summed E-state index contributed by atoms with van der Waals surface area (Å²) in [6.45, 7) is 0.511. The quantitative estimate of drug-likeness (QED) is 0.767. The lowest BCUT2D eigenvalue weighted by Crippen LogP contribution is -2.35. The molecule has 5 nitrogen and oxygen atoms in total. The number of anilines is 1. The summed E-state index contributed by atoms with van der Waals surface area (Å²) in [7, 11) is 0. The first-order valence-electron chi connectivity index (χ1n) is 6.75. The average Bonchev–Trinajstić information content (AvgIpc) is 2.48. The summed E-state index contributed by atoms with van der Waals surface area (Å²) in [6.07, 6.45) is 0.687. The molecule has 1 aromatic carbocycles. The second kappa shape index (κ2) is 6.54. The van der Waals surface area contributed by atoms with Gasteiger partial charge >= 0.3 is 6.03 Å². The molecular weight excluding hydrogens is 370 g/mol. The Kier molecular flexibility index (Phi) is 4.49. The lowest BCUT2D eigenvalue weighted by Gasteiger charge is -2.27. The van der Waals surface area contributed by atoms with Crippen LogP contribution in [0, 0.1) is 0 Å². The molecule has 0 fully saturated rings. The van der Waals surface area contributed by atoms with Crippen LogP contribution in [0.3, 0.4) is 0 Å². The number of hydrogen-bond donors (Lipinski definition) is 2. The molecule has 0 saturated carbocycles. The fourth-order valence-electron chi connectivity index (χ4n) is 2.32. The van der Waals surface area contributed by atoms with Crippen LogP contribution in [0.15, 0.2) is 41.0 Å². The zero-order valence-electron chi connectivity index (χ0n) is 11.5. The lowest BCUT2D eigenvalue weighted by atomic mass is 10.0. The van der Waals surface area contributed by atoms with Crippen molar-refractivity contribution >= 4 is 39.4 Å². The first-order valence-corrected chi connectivity index (χ1v) is 7.92. The Bertz CT molecular complexity index is 711. The second-order valence-electron chi connectivity index (χ2n) is 4.79. The average molecular weight is 383 g/mol. The van der Waals surface area contributed by atoms with Crippen LogP contribution in [0.4, 0.5) is 10.6 Å². The molecule has 0 spiro atoms. The first kappa shape index (κ1) is 15.1. The van der Waals surface area contributed by atoms with Crippen molar-refractivity contribution in [3.05, 3.63) is 51.6 Å². The Labute approximate surface area is 141 Å². The van der Waals surface area contributed by atoms with Crippen molar-refractivity contribution in [2.24, 2.45) is 0 Å². The molecule has 0 saturated heterocycles. The Hall–Kier alpha value is -1.79. The highest BCUT2D eigenvalue weighted by Gasteiger charge is 2.24. The van der Waals surface area contributed by atoms with Crippen LogP contribution in [-0.2, 0) is 0 Å². The number of hydrogen-bond acceptors (Lipinski definition) is 3. The number of pyridine rings is 1. The van der Waals surface area contributed by atoms with Crippen molar-refractivity contribution in [3.8, 4) is 5.75 Å². The number of aromatic nitrogens is 1. The third-order valence-corrected chi connectivity index (χ3v) is 4.03. The van der Waals surface area contributed by atoms with Crippen molar-refractivity contribution in [1.29, 1.82) is 0 Å². The van der Waals surface area contributed by atoms with E-state index in [1.807, 2.05) is 12.1 Å². The topological polar surface area (TPSA) is 63.2 Å². The summed E-state index contributed by atoms with van der Waals surface area (Å²) < 4.78 is 6.24. The third-order valence-electron chi connectivity index (χ3n) is 3.29. The molecule has 1 aliphatic heterocycles. The molecule has 1 atom stereocenters. The summed E-state index contributed by atoms with van der Waals surface area (Å²) in [5, 5.41) is 6.19. The van der Waals surface area contributed by atoms with E-state index < -0.39 is 0 Å². The highest BCUT2D eigenvalue weighted by Crippen LogP contribution is 2.37. The van der Waals surface area contributed by atoms with Gasteiger partial charge in [0.1, 0.15) is 16.2 Å². The maximum absolute atomic E-state index is 12.1. The Balaban J connectivity index is 1.72. The largest absolute Gasteiger partial charge is 0.492 e. The van der Waals surface area contributed by atoms with Gasteiger partial charge in [0.2, 0.25) is 0 Å². The molecule has 3 rings (SSSR count). The predicted molar refractivity (Wildman–Crippen MR) is 88.4 cm³/mol.